The lowest BCUT2D eigenvalue weighted by atomic mass is 9.77. The van der Waals surface area contributed by atoms with Crippen LogP contribution in [0, 0.1) is 19.3 Å². The average molecular weight is 494 g/mol. The van der Waals surface area contributed by atoms with Gasteiger partial charge in [0.15, 0.2) is 0 Å². The van der Waals surface area contributed by atoms with Crippen molar-refractivity contribution in [2.75, 3.05) is 46.9 Å². The van der Waals surface area contributed by atoms with E-state index in [1.807, 2.05) is 35.8 Å². The highest BCUT2D eigenvalue weighted by molar-refractivity contribution is 5.98. The first-order valence-electron chi connectivity index (χ1n) is 12.4. The van der Waals surface area contributed by atoms with Gasteiger partial charge in [-0.15, -0.1) is 0 Å². The number of carbonyl (C=O) groups excluding carboxylic acids is 3. The van der Waals surface area contributed by atoms with Crippen molar-refractivity contribution in [3.05, 3.63) is 58.7 Å². The molecule has 8 heteroatoms. The molecular weight excluding hydrogens is 458 g/mol. The molecule has 2 fully saturated rings. The third-order valence-corrected chi connectivity index (χ3v) is 7.71. The Morgan fingerprint density at radius 3 is 2.22 bits per heavy atom. The zero-order valence-corrected chi connectivity index (χ0v) is 21.6. The van der Waals surface area contributed by atoms with E-state index >= 15 is 0 Å². The van der Waals surface area contributed by atoms with Crippen LogP contribution in [-0.4, -0.2) is 74.5 Å². The number of amides is 3. The molecule has 0 atom stereocenters. The number of hydrogen-bond acceptors (Lipinski definition) is 5. The lowest BCUT2D eigenvalue weighted by Gasteiger charge is -2.39. The molecule has 192 valence electrons. The number of carbonyl (C=O) groups is 3. The fourth-order valence-corrected chi connectivity index (χ4v) is 5.14. The minimum atomic E-state index is -0.236. The number of nitrogens with zero attached hydrogens (tertiary/aromatic N) is 2. The maximum Gasteiger partial charge on any atom is 0.257 e. The second kappa shape index (κ2) is 10.6. The van der Waals surface area contributed by atoms with Crippen molar-refractivity contribution < 1.29 is 23.9 Å². The first-order valence-corrected chi connectivity index (χ1v) is 12.4. The highest BCUT2D eigenvalue weighted by Crippen LogP contribution is 2.41. The first kappa shape index (κ1) is 25.5. The Balaban J connectivity index is 1.30. The number of rotatable bonds is 6. The van der Waals surface area contributed by atoms with E-state index in [1.165, 1.54) is 0 Å². The molecule has 2 aliphatic heterocycles. The van der Waals surface area contributed by atoms with Gasteiger partial charge in [-0.3, -0.25) is 14.4 Å². The summed E-state index contributed by atoms with van der Waals surface area (Å²) in [6.45, 7) is 6.55. The molecule has 0 aliphatic carbocycles. The summed E-state index contributed by atoms with van der Waals surface area (Å²) in [7, 11) is 3.13. The second-order valence-electron chi connectivity index (χ2n) is 9.91. The smallest absolute Gasteiger partial charge is 0.257 e. The predicted molar refractivity (Wildman–Crippen MR) is 137 cm³/mol. The first-order chi connectivity index (χ1) is 17.2. The van der Waals surface area contributed by atoms with Gasteiger partial charge in [-0.05, 0) is 80.0 Å². The molecule has 2 aromatic rings. The van der Waals surface area contributed by atoms with Gasteiger partial charge in [-0.25, -0.2) is 0 Å². The minimum Gasteiger partial charge on any atom is -0.497 e. The van der Waals surface area contributed by atoms with E-state index in [9.17, 15) is 14.4 Å². The van der Waals surface area contributed by atoms with Gasteiger partial charge in [-0.1, -0.05) is 6.07 Å². The average Bonchev–Trinajstić information content (AvgIpc) is 3.31. The van der Waals surface area contributed by atoms with E-state index in [-0.39, 0.29) is 29.7 Å². The third-order valence-electron chi connectivity index (χ3n) is 7.71. The molecule has 0 aromatic heterocycles. The maximum absolute atomic E-state index is 13.2. The maximum atomic E-state index is 13.2. The molecule has 0 bridgehead atoms. The summed E-state index contributed by atoms with van der Waals surface area (Å²) in [5, 5.41) is 2.77. The molecule has 4 rings (SSSR count). The summed E-state index contributed by atoms with van der Waals surface area (Å²) in [6, 6.07) is 10.8. The normalized spacial score (nSPS) is 16.7. The SMILES string of the molecule is COc1ccc(OC)c(C(=O)N2CCC3(CCN(C(=O)CNC(=O)c4ccc(C)c(C)c4)C3)CC2)c1. The van der Waals surface area contributed by atoms with E-state index in [2.05, 4.69) is 5.32 Å². The van der Waals surface area contributed by atoms with Crippen LogP contribution in [-0.2, 0) is 4.79 Å². The van der Waals surface area contributed by atoms with Crippen LogP contribution in [0.4, 0.5) is 0 Å². The number of aryl methyl sites for hydroxylation is 2. The number of methoxy groups -OCH3 is 2. The van der Waals surface area contributed by atoms with E-state index < -0.39 is 0 Å². The van der Waals surface area contributed by atoms with Crippen LogP contribution >= 0.6 is 0 Å². The molecule has 2 saturated heterocycles. The van der Waals surface area contributed by atoms with E-state index in [4.69, 9.17) is 9.47 Å². The van der Waals surface area contributed by atoms with Crippen molar-refractivity contribution in [2.45, 2.75) is 33.1 Å². The Kier molecular flexibility index (Phi) is 7.52. The lowest BCUT2D eigenvalue weighted by molar-refractivity contribution is -0.129. The summed E-state index contributed by atoms with van der Waals surface area (Å²) in [5.41, 5.74) is 3.25. The van der Waals surface area contributed by atoms with Crippen LogP contribution in [0.25, 0.3) is 0 Å². The molecular formula is C28H35N3O5. The molecule has 2 aromatic carbocycles. The van der Waals surface area contributed by atoms with Crippen molar-refractivity contribution in [3.63, 3.8) is 0 Å². The van der Waals surface area contributed by atoms with Crippen LogP contribution in [0.15, 0.2) is 36.4 Å². The van der Waals surface area contributed by atoms with Crippen molar-refractivity contribution in [3.8, 4) is 11.5 Å². The van der Waals surface area contributed by atoms with Gasteiger partial charge in [0.05, 0.1) is 26.3 Å². The van der Waals surface area contributed by atoms with Gasteiger partial charge in [0.1, 0.15) is 11.5 Å². The van der Waals surface area contributed by atoms with Gasteiger partial charge in [0, 0.05) is 31.7 Å². The van der Waals surface area contributed by atoms with Crippen molar-refractivity contribution >= 4 is 17.7 Å². The van der Waals surface area contributed by atoms with E-state index in [1.54, 1.807) is 38.5 Å². The van der Waals surface area contributed by atoms with Gasteiger partial charge >= 0.3 is 0 Å². The zero-order chi connectivity index (χ0) is 25.9. The fraction of sp³-hybridized carbons (Fsp3) is 0.464. The fourth-order valence-electron chi connectivity index (χ4n) is 5.14. The number of hydrogen-bond donors (Lipinski definition) is 1. The predicted octanol–water partition coefficient (Wildman–Crippen LogP) is 3.21. The standard InChI is InChI=1S/C28H35N3O5/c1-19-5-6-21(15-20(19)2)26(33)29-17-25(32)31-14-11-28(18-31)9-12-30(13-10-28)27(34)23-16-22(35-3)7-8-24(23)36-4/h5-8,15-16H,9-14,17-18H2,1-4H3,(H,29,33). The lowest BCUT2D eigenvalue weighted by Crippen LogP contribution is -2.45. The Hall–Kier alpha value is -3.55. The molecule has 8 nitrogen and oxygen atoms in total. The number of piperidine rings is 1. The number of likely N-dealkylation sites (tertiary alicyclic amines) is 2. The molecule has 2 aliphatic rings. The summed E-state index contributed by atoms with van der Waals surface area (Å²) in [5.74, 6) is 0.771. The van der Waals surface area contributed by atoms with Crippen molar-refractivity contribution in [2.24, 2.45) is 5.41 Å². The molecule has 36 heavy (non-hydrogen) atoms. The monoisotopic (exact) mass is 493 g/mol. The largest absolute Gasteiger partial charge is 0.497 e. The quantitative estimate of drug-likeness (QED) is 0.668. The number of benzene rings is 2. The molecule has 0 unspecified atom stereocenters. The second-order valence-corrected chi connectivity index (χ2v) is 9.91. The van der Waals surface area contributed by atoms with E-state index in [0.717, 1.165) is 30.4 Å². The Morgan fingerprint density at radius 2 is 1.58 bits per heavy atom. The minimum absolute atomic E-state index is 0.0118. The molecule has 1 N–H and O–H groups in total. The van der Waals surface area contributed by atoms with Crippen molar-refractivity contribution in [1.82, 2.24) is 15.1 Å². The van der Waals surface area contributed by atoms with Gasteiger partial charge < -0.3 is 24.6 Å². The van der Waals surface area contributed by atoms with Crippen LogP contribution in [0.5, 0.6) is 11.5 Å². The highest BCUT2D eigenvalue weighted by atomic mass is 16.5. The summed E-state index contributed by atoms with van der Waals surface area (Å²) in [4.78, 5) is 42.3. The van der Waals surface area contributed by atoms with Crippen LogP contribution in [0.2, 0.25) is 0 Å². The van der Waals surface area contributed by atoms with Gasteiger partial charge in [-0.2, -0.15) is 0 Å². The number of nitrogens with one attached hydrogen (secondary N) is 1. The molecule has 2 heterocycles. The van der Waals surface area contributed by atoms with Crippen LogP contribution < -0.4 is 14.8 Å². The third kappa shape index (κ3) is 5.32. The molecule has 0 radical (unpaired) electrons. The topological polar surface area (TPSA) is 88.2 Å². The van der Waals surface area contributed by atoms with Gasteiger partial charge in [0.25, 0.3) is 11.8 Å². The number of ether oxygens (including phenoxy) is 2. The molecule has 3 amide bonds. The summed E-state index contributed by atoms with van der Waals surface area (Å²) in [6.07, 6.45) is 2.59. The Labute approximate surface area is 212 Å². The van der Waals surface area contributed by atoms with Crippen molar-refractivity contribution in [1.29, 1.82) is 0 Å². The van der Waals surface area contributed by atoms with E-state index in [0.29, 0.717) is 48.8 Å². The van der Waals surface area contributed by atoms with Crippen LogP contribution in [0.1, 0.15) is 51.1 Å². The summed E-state index contributed by atoms with van der Waals surface area (Å²) >= 11 is 0. The van der Waals surface area contributed by atoms with Gasteiger partial charge in [0.2, 0.25) is 5.91 Å². The zero-order valence-electron chi connectivity index (χ0n) is 21.6. The van der Waals surface area contributed by atoms with Crippen LogP contribution in [0.3, 0.4) is 0 Å². The molecule has 0 saturated carbocycles. The Bertz CT molecular complexity index is 1150. The summed E-state index contributed by atoms with van der Waals surface area (Å²) < 4.78 is 10.7. The molecule has 1 spiro atoms. The Morgan fingerprint density at radius 1 is 0.889 bits per heavy atom. The highest BCUT2D eigenvalue weighted by Gasteiger charge is 2.43.